The van der Waals surface area contributed by atoms with Crippen LogP contribution in [-0.4, -0.2) is 26.9 Å². The van der Waals surface area contributed by atoms with E-state index in [0.717, 1.165) is 17.7 Å². The second-order valence-electron chi connectivity index (χ2n) is 6.99. The van der Waals surface area contributed by atoms with Crippen molar-refractivity contribution < 1.29 is 15.5 Å². The summed E-state index contributed by atoms with van der Waals surface area (Å²) >= 11 is 0. The van der Waals surface area contributed by atoms with E-state index < -0.39 is 0 Å². The average molecular weight is 312 g/mol. The van der Waals surface area contributed by atoms with Gasteiger partial charge in [-0.05, 0) is 29.9 Å². The van der Waals surface area contributed by atoms with Crippen molar-refractivity contribution in [3.63, 3.8) is 0 Å². The van der Waals surface area contributed by atoms with Gasteiger partial charge in [0.2, 0.25) is 0 Å². The summed E-state index contributed by atoms with van der Waals surface area (Å²) in [5.41, 5.74) is 3.16. The van der Waals surface area contributed by atoms with Gasteiger partial charge in [0.05, 0.1) is 17.7 Å². The molecule has 1 aromatic rings. The molecule has 1 aromatic carbocycles. The Bertz CT molecular complexity index is 725. The fraction of sp³-hybridized carbons (Fsp3) is 0.444. The molecule has 23 heavy (non-hydrogen) atoms. The molecule has 120 valence electrons. The first-order chi connectivity index (χ1) is 11.2. The van der Waals surface area contributed by atoms with Gasteiger partial charge in [0, 0.05) is 23.2 Å². The Balaban J connectivity index is 1.95. The minimum absolute atomic E-state index is 0.104. The van der Waals surface area contributed by atoms with Gasteiger partial charge in [0.1, 0.15) is 0 Å². The minimum Gasteiger partial charge on any atom is -0.516 e. The smallest absolute Gasteiger partial charge is 0.0799 e. The quantitative estimate of drug-likeness (QED) is 0.422. The van der Waals surface area contributed by atoms with Crippen molar-refractivity contribution in [3.8, 4) is 0 Å². The number of oxime groups is 2. The van der Waals surface area contributed by atoms with Crippen LogP contribution in [0.5, 0.6) is 0 Å². The zero-order valence-corrected chi connectivity index (χ0v) is 12.9. The molecule has 0 amide bonds. The highest BCUT2D eigenvalue weighted by Crippen LogP contribution is 2.63. The fourth-order valence-electron chi connectivity index (χ4n) is 5.32. The molecule has 0 radical (unpaired) electrons. The molecule has 3 N–H and O–H groups in total. The van der Waals surface area contributed by atoms with E-state index in [-0.39, 0.29) is 29.1 Å². The number of allylic oxidation sites excluding steroid dienone is 1. The van der Waals surface area contributed by atoms with Crippen LogP contribution in [0.3, 0.4) is 0 Å². The summed E-state index contributed by atoms with van der Waals surface area (Å²) in [4.78, 5) is 0. The van der Waals surface area contributed by atoms with Gasteiger partial charge in [-0.3, -0.25) is 0 Å². The van der Waals surface area contributed by atoms with E-state index in [2.05, 4.69) is 29.4 Å². The summed E-state index contributed by atoms with van der Waals surface area (Å²) < 4.78 is 0. The van der Waals surface area contributed by atoms with Gasteiger partial charge in [0.15, 0.2) is 0 Å². The van der Waals surface area contributed by atoms with Gasteiger partial charge < -0.3 is 15.5 Å². The second kappa shape index (κ2) is 4.85. The Morgan fingerprint density at radius 3 is 2.39 bits per heavy atom. The highest BCUT2D eigenvalue weighted by molar-refractivity contribution is 6.14. The molecule has 5 nitrogen and oxygen atoms in total. The van der Waals surface area contributed by atoms with E-state index in [0.29, 0.717) is 12.1 Å². The first-order valence-corrected chi connectivity index (χ1v) is 8.02. The Labute approximate surface area is 134 Å². The van der Waals surface area contributed by atoms with Crippen molar-refractivity contribution in [2.75, 3.05) is 0 Å². The number of aliphatic hydroxyl groups excluding tert-OH is 1. The van der Waals surface area contributed by atoms with Gasteiger partial charge in [-0.2, -0.15) is 0 Å². The summed E-state index contributed by atoms with van der Waals surface area (Å²) in [5.74, 6) is 0.0128. The molecule has 4 aliphatic carbocycles. The molecule has 5 unspecified atom stereocenters. The lowest BCUT2D eigenvalue weighted by molar-refractivity contribution is 0.151. The van der Waals surface area contributed by atoms with Gasteiger partial charge in [-0.1, -0.05) is 47.6 Å². The molecule has 4 fully saturated rings. The summed E-state index contributed by atoms with van der Waals surface area (Å²) in [6, 6.07) is 10.2. The number of nitrogens with zero attached hydrogens (tertiary/aromatic N) is 2. The highest BCUT2D eigenvalue weighted by atomic mass is 16.4. The first-order valence-electron chi connectivity index (χ1n) is 8.02. The molecule has 5 heteroatoms. The van der Waals surface area contributed by atoms with Gasteiger partial charge in [-0.15, -0.1) is 0 Å². The zero-order chi connectivity index (χ0) is 16.2. The maximum Gasteiger partial charge on any atom is 0.0799 e. The normalized spacial score (nSPS) is 43.6. The van der Waals surface area contributed by atoms with Crippen LogP contribution in [-0.2, 0) is 5.41 Å². The molecule has 4 aliphatic rings. The maximum absolute atomic E-state index is 10.0. The van der Waals surface area contributed by atoms with Gasteiger partial charge in [-0.25, -0.2) is 0 Å². The molecule has 4 saturated carbocycles. The summed E-state index contributed by atoms with van der Waals surface area (Å²) in [6.07, 6.45) is 2.70. The number of benzene rings is 1. The van der Waals surface area contributed by atoms with Crippen LogP contribution in [0.1, 0.15) is 25.3 Å². The number of rotatable bonds is 1. The molecular weight excluding hydrogens is 292 g/mol. The molecule has 0 saturated heterocycles. The summed E-state index contributed by atoms with van der Waals surface area (Å²) in [7, 11) is 0. The third kappa shape index (κ3) is 1.62. The molecule has 0 aliphatic heterocycles. The van der Waals surface area contributed by atoms with Crippen molar-refractivity contribution in [2.45, 2.75) is 25.2 Å². The SMILES string of the molecule is CC1C2CC3(c4ccccc4)CC(/C2=N\O)/C(=N/O)C1/C3=C\O. The van der Waals surface area contributed by atoms with Crippen LogP contribution in [0.15, 0.2) is 52.5 Å². The minimum atomic E-state index is -0.273. The van der Waals surface area contributed by atoms with Crippen LogP contribution >= 0.6 is 0 Å². The molecule has 5 atom stereocenters. The van der Waals surface area contributed by atoms with Crippen LogP contribution in [0.25, 0.3) is 0 Å². The fourth-order valence-corrected chi connectivity index (χ4v) is 5.32. The lowest BCUT2D eigenvalue weighted by Crippen LogP contribution is -2.63. The zero-order valence-electron chi connectivity index (χ0n) is 12.9. The van der Waals surface area contributed by atoms with Crippen LogP contribution in [0.2, 0.25) is 0 Å². The molecule has 4 bridgehead atoms. The number of aliphatic hydroxyl groups is 1. The summed E-state index contributed by atoms with van der Waals surface area (Å²) in [5, 5.41) is 36.1. The van der Waals surface area contributed by atoms with E-state index in [1.807, 2.05) is 18.2 Å². The third-order valence-corrected chi connectivity index (χ3v) is 6.28. The highest BCUT2D eigenvalue weighted by Gasteiger charge is 2.63. The Morgan fingerprint density at radius 1 is 1.09 bits per heavy atom. The standard InChI is InChI=1S/C18H20N2O3/c1-10-12-7-18(11-5-3-2-4-6-11)8-13(16(12)19-22)17(20-23)15(10)14(18)9-21/h2-6,9-10,12-13,15,21-23H,7-8H2,1H3/b14-9+,19-16-,20-17-. The van der Waals surface area contributed by atoms with Crippen molar-refractivity contribution in [1.29, 1.82) is 0 Å². The largest absolute Gasteiger partial charge is 0.516 e. The third-order valence-electron chi connectivity index (χ3n) is 6.28. The molecule has 0 heterocycles. The lowest BCUT2D eigenvalue weighted by Gasteiger charge is -2.60. The second-order valence-corrected chi connectivity index (χ2v) is 6.99. The van der Waals surface area contributed by atoms with E-state index >= 15 is 0 Å². The maximum atomic E-state index is 10.0. The Kier molecular flexibility index (Phi) is 3.01. The monoisotopic (exact) mass is 312 g/mol. The Hall–Kier alpha value is -2.30. The van der Waals surface area contributed by atoms with Crippen molar-refractivity contribution >= 4 is 11.4 Å². The van der Waals surface area contributed by atoms with Crippen LogP contribution in [0, 0.1) is 23.7 Å². The Morgan fingerprint density at radius 2 is 1.78 bits per heavy atom. The van der Waals surface area contributed by atoms with Gasteiger partial charge >= 0.3 is 0 Å². The molecular formula is C18H20N2O3. The predicted octanol–water partition coefficient (Wildman–Crippen LogP) is 3.33. The van der Waals surface area contributed by atoms with Crippen LogP contribution < -0.4 is 0 Å². The number of hydrogen-bond acceptors (Lipinski definition) is 5. The number of hydrogen-bond donors (Lipinski definition) is 3. The summed E-state index contributed by atoms with van der Waals surface area (Å²) in [6.45, 7) is 2.08. The average Bonchev–Trinajstić information content (AvgIpc) is 2.60. The lowest BCUT2D eigenvalue weighted by atomic mass is 9.42. The van der Waals surface area contributed by atoms with Crippen LogP contribution in [0.4, 0.5) is 0 Å². The molecule has 0 aromatic heterocycles. The van der Waals surface area contributed by atoms with E-state index in [9.17, 15) is 15.5 Å². The van der Waals surface area contributed by atoms with Crippen molar-refractivity contribution in [2.24, 2.45) is 34.0 Å². The van der Waals surface area contributed by atoms with E-state index in [1.165, 1.54) is 11.8 Å². The molecule has 0 spiro atoms. The van der Waals surface area contributed by atoms with Crippen molar-refractivity contribution in [1.82, 2.24) is 0 Å². The van der Waals surface area contributed by atoms with Crippen molar-refractivity contribution in [3.05, 3.63) is 47.7 Å². The predicted molar refractivity (Wildman–Crippen MR) is 86.1 cm³/mol. The first kappa shape index (κ1) is 14.3. The van der Waals surface area contributed by atoms with Gasteiger partial charge in [0.25, 0.3) is 0 Å². The van der Waals surface area contributed by atoms with E-state index in [4.69, 9.17) is 0 Å². The van der Waals surface area contributed by atoms with E-state index in [1.54, 1.807) is 0 Å². The topological polar surface area (TPSA) is 85.4 Å². The molecule has 5 rings (SSSR count).